The van der Waals surface area contributed by atoms with Gasteiger partial charge in [0, 0.05) is 11.6 Å². The van der Waals surface area contributed by atoms with Crippen molar-refractivity contribution in [1.29, 1.82) is 0 Å². The standard InChI is InChI=1S/C25H19N3O10/c1-35-16-7-3-6-15(11-16)23(30)38-21-14(5-4-8-19(21)28(33)34)12-18-22(29)27(25(32)26-18)13-17-9-10-20(37-17)24(31)36-2/h3-12H,13H2,1-2H3,(H,26,32)/b18-12-. The first-order chi connectivity index (χ1) is 18.2. The lowest BCUT2D eigenvalue weighted by molar-refractivity contribution is -0.385. The zero-order chi connectivity index (χ0) is 27.4. The summed E-state index contributed by atoms with van der Waals surface area (Å²) >= 11 is 0. The molecule has 1 aliphatic rings. The zero-order valence-electron chi connectivity index (χ0n) is 20.0. The van der Waals surface area contributed by atoms with Crippen molar-refractivity contribution >= 4 is 35.6 Å². The second-order valence-electron chi connectivity index (χ2n) is 7.71. The highest BCUT2D eigenvalue weighted by Gasteiger charge is 2.35. The number of nitro benzene ring substituents is 1. The minimum Gasteiger partial charge on any atom is -0.497 e. The van der Waals surface area contributed by atoms with E-state index >= 15 is 0 Å². The van der Waals surface area contributed by atoms with Gasteiger partial charge in [0.1, 0.15) is 17.2 Å². The number of hydrogen-bond acceptors (Lipinski definition) is 10. The van der Waals surface area contributed by atoms with Gasteiger partial charge < -0.3 is 23.9 Å². The van der Waals surface area contributed by atoms with E-state index in [-0.39, 0.29) is 34.9 Å². The van der Waals surface area contributed by atoms with Gasteiger partial charge in [0.05, 0.1) is 31.3 Å². The zero-order valence-corrected chi connectivity index (χ0v) is 20.0. The van der Waals surface area contributed by atoms with Crippen LogP contribution in [0.4, 0.5) is 10.5 Å². The molecule has 0 radical (unpaired) electrons. The number of ether oxygens (including phenoxy) is 3. The van der Waals surface area contributed by atoms with Crippen LogP contribution >= 0.6 is 0 Å². The van der Waals surface area contributed by atoms with Crippen molar-refractivity contribution in [1.82, 2.24) is 10.2 Å². The lowest BCUT2D eigenvalue weighted by Gasteiger charge is -2.10. The smallest absolute Gasteiger partial charge is 0.373 e. The number of furan rings is 1. The first-order valence-electron chi connectivity index (χ1n) is 10.9. The summed E-state index contributed by atoms with van der Waals surface area (Å²) in [5.41, 5.74) is -0.696. The SMILES string of the molecule is COC(=O)c1ccc(CN2C(=O)N/C(=C\c3cccc([N+](=O)[O-])c3OC(=O)c3cccc(OC)c3)C2=O)o1. The summed E-state index contributed by atoms with van der Waals surface area (Å²) < 4.78 is 20.3. The number of nitro groups is 1. The van der Waals surface area contributed by atoms with Gasteiger partial charge in [-0.15, -0.1) is 0 Å². The number of amides is 3. The third-order valence-electron chi connectivity index (χ3n) is 5.35. The topological polar surface area (TPSA) is 168 Å². The average Bonchev–Trinajstić information content (AvgIpc) is 3.49. The van der Waals surface area contributed by atoms with Crippen molar-refractivity contribution in [2.45, 2.75) is 6.54 Å². The fourth-order valence-electron chi connectivity index (χ4n) is 3.51. The van der Waals surface area contributed by atoms with E-state index in [2.05, 4.69) is 10.1 Å². The molecule has 0 atom stereocenters. The van der Waals surface area contributed by atoms with E-state index < -0.39 is 40.2 Å². The number of methoxy groups -OCH3 is 2. The Morgan fingerprint density at radius 1 is 1.08 bits per heavy atom. The van der Waals surface area contributed by atoms with E-state index in [1.165, 1.54) is 50.6 Å². The lowest BCUT2D eigenvalue weighted by Crippen LogP contribution is -2.30. The Bertz CT molecular complexity index is 1490. The molecule has 0 aliphatic carbocycles. The number of carbonyl (C=O) groups excluding carboxylic acids is 4. The quantitative estimate of drug-likeness (QED) is 0.116. The molecule has 0 unspecified atom stereocenters. The van der Waals surface area contributed by atoms with E-state index in [0.717, 1.165) is 17.0 Å². The normalized spacial score (nSPS) is 13.8. The number of para-hydroxylation sites is 1. The molecule has 0 saturated carbocycles. The molecule has 38 heavy (non-hydrogen) atoms. The van der Waals surface area contributed by atoms with Crippen molar-refractivity contribution < 1.29 is 42.7 Å². The van der Waals surface area contributed by atoms with Gasteiger partial charge in [-0.25, -0.2) is 14.4 Å². The third kappa shape index (κ3) is 5.21. The Balaban J connectivity index is 1.63. The number of benzene rings is 2. The second-order valence-corrected chi connectivity index (χ2v) is 7.71. The highest BCUT2D eigenvalue weighted by molar-refractivity contribution is 6.14. The highest BCUT2D eigenvalue weighted by Crippen LogP contribution is 2.34. The number of esters is 2. The van der Waals surface area contributed by atoms with E-state index in [1.54, 1.807) is 12.1 Å². The molecule has 1 fully saturated rings. The van der Waals surface area contributed by atoms with Crippen LogP contribution in [0.25, 0.3) is 6.08 Å². The van der Waals surface area contributed by atoms with Crippen molar-refractivity contribution in [3.63, 3.8) is 0 Å². The largest absolute Gasteiger partial charge is 0.497 e. The fourth-order valence-corrected chi connectivity index (χ4v) is 3.51. The molecule has 3 amide bonds. The molecule has 1 N–H and O–H groups in total. The number of nitrogens with zero attached hydrogens (tertiary/aromatic N) is 2. The minimum absolute atomic E-state index is 0.00748. The van der Waals surface area contributed by atoms with Gasteiger partial charge in [-0.2, -0.15) is 0 Å². The van der Waals surface area contributed by atoms with Crippen LogP contribution in [0.5, 0.6) is 11.5 Å². The summed E-state index contributed by atoms with van der Waals surface area (Å²) in [4.78, 5) is 61.5. The maximum absolute atomic E-state index is 13.0. The number of hydrogen-bond donors (Lipinski definition) is 1. The fraction of sp³-hybridized carbons (Fsp3) is 0.120. The van der Waals surface area contributed by atoms with Crippen LogP contribution in [0, 0.1) is 10.1 Å². The van der Waals surface area contributed by atoms with Gasteiger partial charge in [0.2, 0.25) is 11.5 Å². The molecule has 2 heterocycles. The van der Waals surface area contributed by atoms with Crippen LogP contribution < -0.4 is 14.8 Å². The lowest BCUT2D eigenvalue weighted by atomic mass is 10.1. The van der Waals surface area contributed by atoms with Gasteiger partial charge in [-0.05, 0) is 36.4 Å². The van der Waals surface area contributed by atoms with Gasteiger partial charge in [-0.1, -0.05) is 18.2 Å². The predicted molar refractivity (Wildman–Crippen MR) is 128 cm³/mol. The van der Waals surface area contributed by atoms with Crippen LogP contribution in [0.1, 0.15) is 32.2 Å². The Hall–Kier alpha value is -5.46. The number of carbonyl (C=O) groups is 4. The molecule has 2 aromatic carbocycles. The molecule has 194 valence electrons. The van der Waals surface area contributed by atoms with E-state index in [0.29, 0.717) is 5.75 Å². The summed E-state index contributed by atoms with van der Waals surface area (Å²) in [6, 6.07) is 11.8. The highest BCUT2D eigenvalue weighted by atomic mass is 16.6. The van der Waals surface area contributed by atoms with Gasteiger partial charge in [-0.3, -0.25) is 19.8 Å². The van der Waals surface area contributed by atoms with Crippen LogP contribution in [-0.2, 0) is 16.1 Å². The number of nitrogens with one attached hydrogen (secondary N) is 1. The summed E-state index contributed by atoms with van der Waals surface area (Å²) in [6.07, 6.45) is 1.16. The van der Waals surface area contributed by atoms with Crippen molar-refractivity contribution in [2.75, 3.05) is 14.2 Å². The van der Waals surface area contributed by atoms with Gasteiger partial charge in [0.15, 0.2) is 0 Å². The molecular weight excluding hydrogens is 502 g/mol. The molecule has 13 nitrogen and oxygen atoms in total. The second kappa shape index (κ2) is 10.7. The Morgan fingerprint density at radius 2 is 1.84 bits per heavy atom. The Kier molecular flexibility index (Phi) is 7.19. The molecular formula is C25H19N3O10. The summed E-state index contributed by atoms with van der Waals surface area (Å²) in [6.45, 7) is -0.300. The van der Waals surface area contributed by atoms with Crippen LogP contribution in [0.15, 0.2) is 64.7 Å². The molecule has 4 rings (SSSR count). The first-order valence-corrected chi connectivity index (χ1v) is 10.9. The maximum Gasteiger partial charge on any atom is 0.373 e. The van der Waals surface area contributed by atoms with E-state index in [1.807, 2.05) is 0 Å². The minimum atomic E-state index is -0.902. The molecule has 1 aliphatic heterocycles. The van der Waals surface area contributed by atoms with Crippen molar-refractivity contribution in [2.24, 2.45) is 0 Å². The summed E-state index contributed by atoms with van der Waals surface area (Å²) in [5.74, 6) is -2.42. The molecule has 13 heteroatoms. The number of urea groups is 1. The van der Waals surface area contributed by atoms with Gasteiger partial charge >= 0.3 is 23.7 Å². The Labute approximate surface area is 214 Å². The van der Waals surface area contributed by atoms with Crippen molar-refractivity contribution in [3.05, 3.63) is 93.1 Å². The van der Waals surface area contributed by atoms with Crippen molar-refractivity contribution in [3.8, 4) is 11.5 Å². The molecule has 1 aromatic heterocycles. The van der Waals surface area contributed by atoms with E-state index in [4.69, 9.17) is 13.9 Å². The molecule has 0 spiro atoms. The molecule has 3 aromatic rings. The molecule has 0 bridgehead atoms. The van der Waals surface area contributed by atoms with Crippen LogP contribution in [0.2, 0.25) is 0 Å². The average molecular weight is 521 g/mol. The van der Waals surface area contributed by atoms with E-state index in [9.17, 15) is 29.3 Å². The third-order valence-corrected chi connectivity index (χ3v) is 5.35. The van der Waals surface area contributed by atoms with Crippen LogP contribution in [0.3, 0.4) is 0 Å². The predicted octanol–water partition coefficient (Wildman–Crippen LogP) is 3.30. The number of rotatable bonds is 8. The maximum atomic E-state index is 13.0. The summed E-state index contributed by atoms with van der Waals surface area (Å²) in [7, 11) is 2.59. The van der Waals surface area contributed by atoms with Gasteiger partial charge in [0.25, 0.3) is 5.91 Å². The molecule has 1 saturated heterocycles. The monoisotopic (exact) mass is 521 g/mol. The summed E-state index contributed by atoms with van der Waals surface area (Å²) in [5, 5.41) is 14.0. The Morgan fingerprint density at radius 3 is 2.55 bits per heavy atom. The number of imide groups is 1. The first kappa shape index (κ1) is 25.6. The van der Waals surface area contributed by atoms with Crippen LogP contribution in [-0.4, -0.2) is 47.9 Å².